The number of nitrogens with one attached hydrogen (secondary N) is 1. The first-order chi connectivity index (χ1) is 12.9. The molecule has 0 unspecified atom stereocenters. The van der Waals surface area contributed by atoms with Crippen LogP contribution in [0.5, 0.6) is 0 Å². The molecule has 2 aliphatic rings. The van der Waals surface area contributed by atoms with Crippen molar-refractivity contribution in [2.75, 3.05) is 6.67 Å². The predicted molar refractivity (Wildman–Crippen MR) is 92.6 cm³/mol. The Labute approximate surface area is 166 Å². The van der Waals surface area contributed by atoms with Gasteiger partial charge in [0.1, 0.15) is 9.93 Å². The molecule has 2 aliphatic heterocycles. The third-order valence-electron chi connectivity index (χ3n) is 3.65. The van der Waals surface area contributed by atoms with Crippen molar-refractivity contribution >= 4 is 45.0 Å². The Morgan fingerprint density at radius 2 is 2.07 bits per heavy atom. The van der Waals surface area contributed by atoms with E-state index in [1.165, 1.54) is 4.68 Å². The molecule has 1 aromatic heterocycles. The fourth-order valence-corrected chi connectivity index (χ4v) is 4.03. The van der Waals surface area contributed by atoms with E-state index in [1.807, 2.05) is 0 Å². The molecule has 0 aromatic carbocycles. The zero-order chi connectivity index (χ0) is 20.9. The van der Waals surface area contributed by atoms with Gasteiger partial charge >= 0.3 is 12.1 Å². The number of amidine groups is 1. The summed E-state index contributed by atoms with van der Waals surface area (Å²) in [4.78, 5) is 16.6. The van der Waals surface area contributed by atoms with Gasteiger partial charge in [0.25, 0.3) is 15.9 Å². The number of aromatic nitrogens is 2. The number of aliphatic imine (C=N–C) groups is 1. The number of carbonyl (C=O) groups is 1. The van der Waals surface area contributed by atoms with Crippen LogP contribution < -0.4 is 9.62 Å². The third kappa shape index (κ3) is 3.87. The lowest BCUT2D eigenvalue weighted by molar-refractivity contribution is -0.230. The summed E-state index contributed by atoms with van der Waals surface area (Å²) < 4.78 is 66.3. The molecular weight excluding hydrogens is 448 g/mol. The Balaban J connectivity index is 1.81. The van der Waals surface area contributed by atoms with Crippen LogP contribution in [0.4, 0.5) is 13.2 Å². The van der Waals surface area contributed by atoms with Gasteiger partial charge in [0.05, 0.1) is 0 Å². The lowest BCUT2D eigenvalue weighted by atomic mass is 10.4. The quantitative estimate of drug-likeness (QED) is 0.545. The van der Waals surface area contributed by atoms with E-state index in [-0.39, 0.29) is 20.9 Å². The molecule has 15 heteroatoms. The highest BCUT2D eigenvalue weighted by Gasteiger charge is 2.47. The summed E-state index contributed by atoms with van der Waals surface area (Å²) in [7, 11) is -4.38. The van der Waals surface area contributed by atoms with Crippen LogP contribution in [0.15, 0.2) is 39.2 Å². The Morgan fingerprint density at radius 1 is 1.39 bits per heavy atom. The molecule has 3 heterocycles. The van der Waals surface area contributed by atoms with E-state index in [0.29, 0.717) is 12.7 Å². The monoisotopic (exact) mass is 458 g/mol. The molecule has 1 aromatic rings. The van der Waals surface area contributed by atoms with E-state index in [1.54, 1.807) is 11.6 Å². The minimum atomic E-state index is -4.69. The van der Waals surface area contributed by atoms with Crippen LogP contribution in [0.25, 0.3) is 0 Å². The van der Waals surface area contributed by atoms with E-state index in [0.717, 1.165) is 17.3 Å². The highest BCUT2D eigenvalue weighted by Crippen LogP contribution is 2.30. The summed E-state index contributed by atoms with van der Waals surface area (Å²) in [5.41, 5.74) is -0.437. The van der Waals surface area contributed by atoms with Crippen molar-refractivity contribution in [2.45, 2.75) is 24.7 Å². The van der Waals surface area contributed by atoms with Crippen LogP contribution in [0.2, 0.25) is 5.15 Å². The molecule has 3 rings (SSSR count). The predicted octanol–water partition coefficient (Wildman–Crippen LogP) is 1.63. The van der Waals surface area contributed by atoms with Gasteiger partial charge in [-0.05, 0) is 6.92 Å². The topological polar surface area (TPSA) is 103 Å². The molecule has 1 amide bonds. The van der Waals surface area contributed by atoms with E-state index < -0.39 is 39.5 Å². The number of hydrogen-bond donors (Lipinski definition) is 1. The minimum absolute atomic E-state index is 0.0125. The number of rotatable bonds is 4. The fourth-order valence-electron chi connectivity index (χ4n) is 2.33. The van der Waals surface area contributed by atoms with Crippen molar-refractivity contribution in [3.05, 3.63) is 34.5 Å². The van der Waals surface area contributed by atoms with Crippen LogP contribution in [0, 0.1) is 0 Å². The summed E-state index contributed by atoms with van der Waals surface area (Å²) in [5.74, 6) is -1.27. The van der Waals surface area contributed by atoms with Crippen LogP contribution in [-0.2, 0) is 21.4 Å². The first kappa shape index (κ1) is 20.6. The lowest BCUT2D eigenvalue weighted by Crippen LogP contribution is -2.48. The van der Waals surface area contributed by atoms with Gasteiger partial charge in [0, 0.05) is 18.9 Å². The summed E-state index contributed by atoms with van der Waals surface area (Å²) in [6.07, 6.45) is -1.96. The van der Waals surface area contributed by atoms with Gasteiger partial charge in [-0.2, -0.15) is 10.1 Å². The van der Waals surface area contributed by atoms with Gasteiger partial charge in [-0.25, -0.2) is 18.0 Å². The number of amides is 1. The maximum atomic E-state index is 12.9. The van der Waals surface area contributed by atoms with Gasteiger partial charge in [0.2, 0.25) is 6.67 Å². The summed E-state index contributed by atoms with van der Waals surface area (Å²) >= 11 is 11.6. The first-order valence-electron chi connectivity index (χ1n) is 7.51. The number of halogens is 5. The highest BCUT2D eigenvalue weighted by molar-refractivity contribution is 7.90. The lowest BCUT2D eigenvalue weighted by Gasteiger charge is -2.25. The molecule has 1 radical (unpaired) electrons. The molecule has 0 spiro atoms. The highest BCUT2D eigenvalue weighted by atomic mass is 35.5. The maximum Gasteiger partial charge on any atom is 0.488 e. The number of nitrogens with zero attached hydrogens (tertiary/aromatic N) is 5. The van der Waals surface area contributed by atoms with Gasteiger partial charge < -0.3 is 0 Å². The second-order valence-corrected chi connectivity index (χ2v) is 7.97. The molecule has 28 heavy (non-hydrogen) atoms. The fraction of sp³-hybridized carbons (Fsp3) is 0.308. The average Bonchev–Trinajstić information content (AvgIpc) is 3.17. The second kappa shape index (κ2) is 7.06. The molecule has 0 aliphatic carbocycles. The van der Waals surface area contributed by atoms with Crippen LogP contribution in [0.1, 0.15) is 6.92 Å². The molecular formula is C13H11Cl2F3N6O3S+. The molecule has 0 bridgehead atoms. The third-order valence-corrected chi connectivity index (χ3v) is 5.64. The van der Waals surface area contributed by atoms with Gasteiger partial charge in [-0.15, -0.1) is 13.2 Å². The smallest absolute Gasteiger partial charge is 0.270 e. The number of hydrogen-bond acceptors (Lipinski definition) is 7. The summed E-state index contributed by atoms with van der Waals surface area (Å²) in [5, 5.41) is 3.07. The molecule has 0 saturated heterocycles. The molecule has 0 atom stereocenters. The summed E-state index contributed by atoms with van der Waals surface area (Å²) in [6, 6.07) is 0. The summed E-state index contributed by atoms with van der Waals surface area (Å²) in [6.45, 7) is 1.35. The molecule has 151 valence electrons. The first-order valence-corrected chi connectivity index (χ1v) is 9.74. The second-order valence-electron chi connectivity index (χ2n) is 5.55. The van der Waals surface area contributed by atoms with Crippen molar-refractivity contribution in [3.63, 3.8) is 0 Å². The SMILES string of the molecule is CCn1cc(S(=O)(=O)NC(=O)C2=C[N+]3CN(C(F)(F)F)C=C(Cl)C3=N2)c(Cl)n1. The Bertz CT molecular complexity index is 1030. The van der Waals surface area contributed by atoms with E-state index in [2.05, 4.69) is 10.1 Å². The van der Waals surface area contributed by atoms with E-state index in [4.69, 9.17) is 23.2 Å². The molecule has 0 saturated carbocycles. The van der Waals surface area contributed by atoms with E-state index in [9.17, 15) is 26.4 Å². The number of carbonyl (C=O) groups excluding carboxylic acids is 1. The van der Waals surface area contributed by atoms with Crippen molar-refractivity contribution in [3.8, 4) is 0 Å². The largest absolute Gasteiger partial charge is 0.488 e. The zero-order valence-corrected chi connectivity index (χ0v) is 16.2. The van der Waals surface area contributed by atoms with Crippen LogP contribution >= 0.6 is 23.2 Å². The van der Waals surface area contributed by atoms with Crippen molar-refractivity contribution in [1.82, 2.24) is 24.3 Å². The van der Waals surface area contributed by atoms with Crippen molar-refractivity contribution in [1.29, 1.82) is 0 Å². The number of sulfonamides is 1. The van der Waals surface area contributed by atoms with Crippen LogP contribution in [0.3, 0.4) is 0 Å². The Hall–Kier alpha value is -2.09. The number of fused-ring (bicyclic) bond motifs is 1. The Morgan fingerprint density at radius 3 is 2.64 bits per heavy atom. The number of alkyl halides is 3. The molecule has 9 nitrogen and oxygen atoms in total. The van der Waals surface area contributed by atoms with Gasteiger partial charge in [-0.1, -0.05) is 28.1 Å². The van der Waals surface area contributed by atoms with Crippen molar-refractivity contribution < 1.29 is 26.4 Å². The zero-order valence-electron chi connectivity index (χ0n) is 13.9. The minimum Gasteiger partial charge on any atom is -0.270 e. The maximum absolute atomic E-state index is 12.9. The Kier molecular flexibility index (Phi) is 5.20. The normalized spacial score (nSPS) is 17.8. The molecule has 1 N–H and O–H groups in total. The average molecular weight is 459 g/mol. The number of aryl methyl sites for hydroxylation is 1. The van der Waals surface area contributed by atoms with Gasteiger partial charge in [0.15, 0.2) is 17.1 Å². The van der Waals surface area contributed by atoms with Gasteiger partial charge in [-0.3, -0.25) is 9.48 Å². The molecule has 0 fully saturated rings. The van der Waals surface area contributed by atoms with Crippen molar-refractivity contribution in [2.24, 2.45) is 4.99 Å². The van der Waals surface area contributed by atoms with Crippen LogP contribution in [-0.4, -0.2) is 47.8 Å². The standard InChI is InChI=1S/C13H11Cl2F3N6O3S/c1-2-24-5-9(10(15)20-24)28(26,27)21-12(25)8-4-22-6-23(13(16,17)18)3-7(14)11(22)19-8/h3-5H,2,6H2,1H3,(H,21,25)/q+1. The van der Waals surface area contributed by atoms with E-state index >= 15 is 0 Å².